The molecule has 0 radical (unpaired) electrons. The highest BCUT2D eigenvalue weighted by Crippen LogP contribution is 2.24. The molecule has 1 aromatic heterocycles. The Morgan fingerprint density at radius 2 is 1.80 bits per heavy atom. The Morgan fingerprint density at radius 1 is 1.10 bits per heavy atom. The van der Waals surface area contributed by atoms with Crippen molar-refractivity contribution >= 4 is 5.69 Å². The lowest BCUT2D eigenvalue weighted by Gasteiger charge is -2.31. The van der Waals surface area contributed by atoms with Gasteiger partial charge in [-0.1, -0.05) is 12.8 Å². The summed E-state index contributed by atoms with van der Waals surface area (Å²) < 4.78 is 5.57. The van der Waals surface area contributed by atoms with E-state index in [1.807, 2.05) is 12.1 Å². The molecule has 1 heterocycles. The molecule has 1 N–H and O–H groups in total. The number of ether oxygens (including phenoxy) is 1. The molecule has 1 aliphatic carbocycles. The Labute approximate surface area is 118 Å². The average molecular weight is 272 g/mol. The van der Waals surface area contributed by atoms with Crippen LogP contribution in [0.2, 0.25) is 0 Å². The van der Waals surface area contributed by atoms with Crippen molar-refractivity contribution < 1.29 is 4.74 Å². The van der Waals surface area contributed by atoms with Gasteiger partial charge in [-0.3, -0.25) is 0 Å². The molecule has 0 bridgehead atoms. The fourth-order valence-electron chi connectivity index (χ4n) is 2.80. The Hall–Kier alpha value is -1.88. The number of nitrogens with zero attached hydrogens (tertiary/aromatic N) is 3. The number of hydrogen-bond acceptors (Lipinski definition) is 4. The van der Waals surface area contributed by atoms with Crippen molar-refractivity contribution in [1.29, 1.82) is 0 Å². The third kappa shape index (κ3) is 2.82. The smallest absolute Gasteiger partial charge is 0.0858 e. The van der Waals surface area contributed by atoms with Gasteiger partial charge in [0.25, 0.3) is 0 Å². The lowest BCUT2D eigenvalue weighted by molar-refractivity contribution is 0.0606. The van der Waals surface area contributed by atoms with Crippen LogP contribution in [0.4, 0.5) is 5.69 Å². The first-order valence-electron chi connectivity index (χ1n) is 7.13. The van der Waals surface area contributed by atoms with Gasteiger partial charge in [-0.25, -0.2) is 0 Å². The average Bonchev–Trinajstić information content (AvgIpc) is 3.03. The fraction of sp³-hybridized carbons (Fsp3) is 0.467. The summed E-state index contributed by atoms with van der Waals surface area (Å²) in [4.78, 5) is 1.61. The van der Waals surface area contributed by atoms with Gasteiger partial charge in [0.2, 0.25) is 0 Å². The molecule has 106 valence electrons. The second-order valence-corrected chi connectivity index (χ2v) is 5.17. The van der Waals surface area contributed by atoms with Gasteiger partial charge in [0.1, 0.15) is 0 Å². The van der Waals surface area contributed by atoms with Crippen LogP contribution in [-0.2, 0) is 4.74 Å². The Bertz CT molecular complexity index is 523. The highest BCUT2D eigenvalue weighted by Gasteiger charge is 2.24. The minimum atomic E-state index is 0.316. The molecule has 3 rings (SSSR count). The van der Waals surface area contributed by atoms with Gasteiger partial charge in [0, 0.05) is 12.8 Å². The zero-order valence-corrected chi connectivity index (χ0v) is 11.7. The number of nitrogens with one attached hydrogen (secondary N) is 1. The largest absolute Gasteiger partial charge is 0.380 e. The van der Waals surface area contributed by atoms with Crippen molar-refractivity contribution in [2.75, 3.05) is 12.4 Å². The third-order valence-electron chi connectivity index (χ3n) is 3.87. The van der Waals surface area contributed by atoms with Crippen LogP contribution in [-0.4, -0.2) is 34.2 Å². The van der Waals surface area contributed by atoms with E-state index >= 15 is 0 Å². The predicted octanol–water partition coefficient (Wildman–Crippen LogP) is 2.64. The third-order valence-corrected chi connectivity index (χ3v) is 3.87. The van der Waals surface area contributed by atoms with E-state index in [-0.39, 0.29) is 0 Å². The van der Waals surface area contributed by atoms with Gasteiger partial charge in [0.15, 0.2) is 0 Å². The number of hydrogen-bond donors (Lipinski definition) is 1. The van der Waals surface area contributed by atoms with Crippen LogP contribution in [0, 0.1) is 0 Å². The Kier molecular flexibility index (Phi) is 3.97. The minimum absolute atomic E-state index is 0.316. The fourth-order valence-corrected chi connectivity index (χ4v) is 2.80. The van der Waals surface area contributed by atoms with Gasteiger partial charge < -0.3 is 10.1 Å². The highest BCUT2D eigenvalue weighted by molar-refractivity contribution is 5.49. The first-order chi connectivity index (χ1) is 9.86. The summed E-state index contributed by atoms with van der Waals surface area (Å²) in [6, 6.07) is 8.59. The van der Waals surface area contributed by atoms with E-state index in [0.717, 1.165) is 17.8 Å². The Morgan fingerprint density at radius 3 is 2.50 bits per heavy atom. The number of anilines is 1. The predicted molar refractivity (Wildman–Crippen MR) is 78.0 cm³/mol. The zero-order valence-electron chi connectivity index (χ0n) is 11.7. The van der Waals surface area contributed by atoms with E-state index in [1.54, 1.807) is 24.3 Å². The van der Waals surface area contributed by atoms with Crippen molar-refractivity contribution in [1.82, 2.24) is 15.0 Å². The zero-order chi connectivity index (χ0) is 13.8. The summed E-state index contributed by atoms with van der Waals surface area (Å²) in [6.45, 7) is 0. The Balaban J connectivity index is 1.68. The number of aromatic nitrogens is 3. The molecule has 0 saturated heterocycles. The van der Waals surface area contributed by atoms with Crippen molar-refractivity contribution in [3.63, 3.8) is 0 Å². The van der Waals surface area contributed by atoms with Gasteiger partial charge in [-0.15, -0.1) is 0 Å². The normalized spacial score (nSPS) is 22.6. The summed E-state index contributed by atoms with van der Waals surface area (Å²) >= 11 is 0. The molecule has 1 aliphatic rings. The van der Waals surface area contributed by atoms with Crippen LogP contribution in [0.15, 0.2) is 36.7 Å². The number of rotatable bonds is 4. The van der Waals surface area contributed by atoms with Crippen LogP contribution in [0.3, 0.4) is 0 Å². The highest BCUT2D eigenvalue weighted by atomic mass is 16.5. The van der Waals surface area contributed by atoms with Crippen molar-refractivity contribution in [2.24, 2.45) is 0 Å². The van der Waals surface area contributed by atoms with E-state index in [1.165, 1.54) is 19.3 Å². The lowest BCUT2D eigenvalue weighted by atomic mass is 9.92. The molecule has 1 fully saturated rings. The quantitative estimate of drug-likeness (QED) is 0.929. The maximum absolute atomic E-state index is 5.57. The molecular formula is C15H20N4O. The molecule has 2 atom stereocenters. The van der Waals surface area contributed by atoms with Gasteiger partial charge in [-0.05, 0) is 37.1 Å². The number of benzene rings is 1. The topological polar surface area (TPSA) is 52.0 Å². The standard InChI is InChI=1S/C15H20N4O/c1-20-15-5-3-2-4-14(15)18-12-6-8-13(9-7-12)19-16-10-11-17-19/h6-11,14-15,18H,2-5H2,1H3. The van der Waals surface area contributed by atoms with Crippen molar-refractivity contribution in [2.45, 2.75) is 37.8 Å². The van der Waals surface area contributed by atoms with Crippen LogP contribution >= 0.6 is 0 Å². The molecule has 0 spiro atoms. The van der Waals surface area contributed by atoms with E-state index < -0.39 is 0 Å². The molecule has 5 heteroatoms. The summed E-state index contributed by atoms with van der Waals surface area (Å²) in [5.74, 6) is 0. The van der Waals surface area contributed by atoms with Gasteiger partial charge in [-0.2, -0.15) is 15.0 Å². The van der Waals surface area contributed by atoms with E-state index in [9.17, 15) is 0 Å². The summed E-state index contributed by atoms with van der Waals surface area (Å²) in [5, 5.41) is 11.8. The van der Waals surface area contributed by atoms with Crippen molar-refractivity contribution in [3.05, 3.63) is 36.7 Å². The SMILES string of the molecule is COC1CCCCC1Nc1ccc(-n2nccn2)cc1. The number of methoxy groups -OCH3 is 1. The molecule has 5 nitrogen and oxygen atoms in total. The summed E-state index contributed by atoms with van der Waals surface area (Å²) in [5.41, 5.74) is 2.09. The monoisotopic (exact) mass is 272 g/mol. The van der Waals surface area contributed by atoms with E-state index in [4.69, 9.17) is 4.74 Å². The molecule has 2 unspecified atom stereocenters. The first-order valence-corrected chi connectivity index (χ1v) is 7.13. The van der Waals surface area contributed by atoms with Crippen LogP contribution < -0.4 is 5.32 Å². The molecule has 1 aromatic carbocycles. The molecule has 0 aliphatic heterocycles. The molecule has 20 heavy (non-hydrogen) atoms. The van der Waals surface area contributed by atoms with Gasteiger partial charge >= 0.3 is 0 Å². The maximum Gasteiger partial charge on any atom is 0.0858 e. The molecule has 0 amide bonds. The second kappa shape index (κ2) is 6.05. The first kappa shape index (κ1) is 13.1. The lowest BCUT2D eigenvalue weighted by Crippen LogP contribution is -2.37. The van der Waals surface area contributed by atoms with E-state index in [2.05, 4.69) is 27.6 Å². The van der Waals surface area contributed by atoms with Crippen LogP contribution in [0.25, 0.3) is 5.69 Å². The van der Waals surface area contributed by atoms with Crippen molar-refractivity contribution in [3.8, 4) is 5.69 Å². The minimum Gasteiger partial charge on any atom is -0.380 e. The van der Waals surface area contributed by atoms with Crippen LogP contribution in [0.1, 0.15) is 25.7 Å². The van der Waals surface area contributed by atoms with Crippen LogP contribution in [0.5, 0.6) is 0 Å². The van der Waals surface area contributed by atoms with E-state index in [0.29, 0.717) is 12.1 Å². The second-order valence-electron chi connectivity index (χ2n) is 5.17. The molecule has 1 saturated carbocycles. The van der Waals surface area contributed by atoms with Gasteiger partial charge in [0.05, 0.1) is 30.2 Å². The summed E-state index contributed by atoms with van der Waals surface area (Å²) in [7, 11) is 1.80. The summed E-state index contributed by atoms with van der Waals surface area (Å²) in [6.07, 6.45) is 8.52. The molecular weight excluding hydrogens is 252 g/mol. The molecule has 2 aromatic rings. The maximum atomic E-state index is 5.57.